The van der Waals surface area contributed by atoms with Crippen LogP contribution in [0.15, 0.2) is 21.0 Å². The first-order chi connectivity index (χ1) is 8.93. The summed E-state index contributed by atoms with van der Waals surface area (Å²) in [5, 5.41) is 4.58. The maximum absolute atomic E-state index is 12.3. The van der Waals surface area contributed by atoms with E-state index in [9.17, 15) is 8.42 Å². The summed E-state index contributed by atoms with van der Waals surface area (Å²) in [5.41, 5.74) is 7.10. The average molecular weight is 317 g/mol. The van der Waals surface area contributed by atoms with Crippen LogP contribution in [0.3, 0.4) is 0 Å². The van der Waals surface area contributed by atoms with Gasteiger partial charge in [-0.05, 0) is 23.9 Å². The topological polar surface area (TPSA) is 76.3 Å². The maximum Gasteiger partial charge on any atom is 0.252 e. The Labute approximate surface area is 120 Å². The zero-order chi connectivity index (χ0) is 14.0. The van der Waals surface area contributed by atoms with Crippen LogP contribution in [0.2, 0.25) is 0 Å². The summed E-state index contributed by atoms with van der Waals surface area (Å²) >= 11 is 2.71. The normalized spacial score (nSPS) is 12.2. The first-order valence-corrected chi connectivity index (χ1v) is 8.78. The smallest absolute Gasteiger partial charge is 0.252 e. The van der Waals surface area contributed by atoms with E-state index in [-0.39, 0.29) is 6.54 Å². The lowest BCUT2D eigenvalue weighted by molar-refractivity contribution is 0.464. The number of thiophene rings is 1. The Hall–Kier alpha value is -0.800. The number of aryl methyl sites for hydroxylation is 1. The van der Waals surface area contributed by atoms with E-state index >= 15 is 0 Å². The summed E-state index contributed by atoms with van der Waals surface area (Å²) in [7, 11) is -1.89. The van der Waals surface area contributed by atoms with Crippen molar-refractivity contribution in [2.24, 2.45) is 5.73 Å². The van der Waals surface area contributed by atoms with E-state index in [0.29, 0.717) is 10.8 Å². The van der Waals surface area contributed by atoms with Gasteiger partial charge in [0.15, 0.2) is 0 Å². The van der Waals surface area contributed by atoms with Crippen LogP contribution in [0.5, 0.6) is 0 Å². The fourth-order valence-corrected chi connectivity index (χ4v) is 4.72. The number of rotatable bonds is 5. The summed E-state index contributed by atoms with van der Waals surface area (Å²) in [4.78, 5) is 4.28. The van der Waals surface area contributed by atoms with Gasteiger partial charge in [0.2, 0.25) is 0 Å². The van der Waals surface area contributed by atoms with Crippen LogP contribution < -0.4 is 5.73 Å². The Morgan fingerprint density at radius 1 is 1.37 bits per heavy atom. The molecule has 0 aliphatic carbocycles. The van der Waals surface area contributed by atoms with E-state index in [0.717, 1.165) is 16.3 Å². The molecule has 0 radical (unpaired) electrons. The van der Waals surface area contributed by atoms with Crippen molar-refractivity contribution in [1.29, 1.82) is 0 Å². The number of hydrogen-bond donors (Lipinski definition) is 1. The summed E-state index contributed by atoms with van der Waals surface area (Å²) < 4.78 is 26.3. The standard InChI is InChI=1S/C11H15N3O2S3/c1-8-13-10(7-17-8)5-14(2)19(15,16)11-3-9(4-12)6-18-11/h3,6-7H,4-5,12H2,1-2H3. The molecule has 2 heterocycles. The Morgan fingerprint density at radius 2 is 2.11 bits per heavy atom. The predicted octanol–water partition coefficient (Wildman–Crippen LogP) is 1.79. The molecular formula is C11H15N3O2S3. The zero-order valence-corrected chi connectivity index (χ0v) is 13.1. The summed E-state index contributed by atoms with van der Waals surface area (Å²) in [6.45, 7) is 2.53. The second-order valence-corrected chi connectivity index (χ2v) is 8.34. The molecule has 2 aromatic heterocycles. The summed E-state index contributed by atoms with van der Waals surface area (Å²) in [5.74, 6) is 0. The van der Waals surface area contributed by atoms with Crippen molar-refractivity contribution in [1.82, 2.24) is 9.29 Å². The number of thiazole rings is 1. The highest BCUT2D eigenvalue weighted by atomic mass is 32.2. The molecule has 0 bridgehead atoms. The van der Waals surface area contributed by atoms with E-state index < -0.39 is 10.0 Å². The first-order valence-electron chi connectivity index (χ1n) is 5.58. The van der Waals surface area contributed by atoms with E-state index in [4.69, 9.17) is 5.73 Å². The molecule has 0 aliphatic rings. The lowest BCUT2D eigenvalue weighted by atomic mass is 10.4. The molecule has 2 N–H and O–H groups in total. The molecule has 2 rings (SSSR count). The Balaban J connectivity index is 2.19. The third-order valence-electron chi connectivity index (χ3n) is 2.58. The predicted molar refractivity (Wildman–Crippen MR) is 77.7 cm³/mol. The molecule has 104 valence electrons. The molecule has 0 spiro atoms. The minimum Gasteiger partial charge on any atom is -0.326 e. The molecule has 0 unspecified atom stereocenters. The van der Waals surface area contributed by atoms with Gasteiger partial charge in [0.05, 0.1) is 17.2 Å². The fraction of sp³-hybridized carbons (Fsp3) is 0.364. The van der Waals surface area contributed by atoms with Gasteiger partial charge in [-0.3, -0.25) is 0 Å². The molecule has 0 amide bonds. The van der Waals surface area contributed by atoms with Gasteiger partial charge in [-0.2, -0.15) is 4.31 Å². The summed E-state index contributed by atoms with van der Waals surface area (Å²) in [6.07, 6.45) is 0. The van der Waals surface area contributed by atoms with Gasteiger partial charge >= 0.3 is 0 Å². The monoisotopic (exact) mass is 317 g/mol. The minimum atomic E-state index is -3.46. The third kappa shape index (κ3) is 3.21. The van der Waals surface area contributed by atoms with Gasteiger partial charge in [0.25, 0.3) is 10.0 Å². The lowest BCUT2D eigenvalue weighted by Gasteiger charge is -2.14. The van der Waals surface area contributed by atoms with Gasteiger partial charge in [0, 0.05) is 19.0 Å². The molecule has 0 saturated heterocycles. The van der Waals surface area contributed by atoms with Crippen LogP contribution in [0, 0.1) is 6.92 Å². The van der Waals surface area contributed by atoms with E-state index in [1.807, 2.05) is 12.3 Å². The second-order valence-electron chi connectivity index (χ2n) is 4.10. The molecule has 0 atom stereocenters. The van der Waals surface area contributed by atoms with E-state index in [1.54, 1.807) is 18.5 Å². The van der Waals surface area contributed by atoms with Crippen molar-refractivity contribution in [2.75, 3.05) is 7.05 Å². The van der Waals surface area contributed by atoms with Crippen molar-refractivity contribution < 1.29 is 8.42 Å². The van der Waals surface area contributed by atoms with Crippen molar-refractivity contribution in [3.63, 3.8) is 0 Å². The van der Waals surface area contributed by atoms with Crippen LogP contribution in [0.1, 0.15) is 16.3 Å². The molecule has 0 saturated carbocycles. The zero-order valence-electron chi connectivity index (χ0n) is 10.7. The molecule has 19 heavy (non-hydrogen) atoms. The van der Waals surface area contributed by atoms with E-state index in [1.165, 1.54) is 27.0 Å². The van der Waals surface area contributed by atoms with Gasteiger partial charge in [-0.25, -0.2) is 13.4 Å². The van der Waals surface area contributed by atoms with Crippen LogP contribution in [-0.2, 0) is 23.1 Å². The SMILES string of the molecule is Cc1nc(CN(C)S(=O)(=O)c2cc(CN)cs2)cs1. The highest BCUT2D eigenvalue weighted by Crippen LogP contribution is 2.24. The van der Waals surface area contributed by atoms with E-state index in [2.05, 4.69) is 4.98 Å². The Kier molecular flexibility index (Phi) is 4.36. The van der Waals surface area contributed by atoms with Gasteiger partial charge in [0.1, 0.15) is 4.21 Å². The highest BCUT2D eigenvalue weighted by Gasteiger charge is 2.23. The average Bonchev–Trinajstić information content (AvgIpc) is 2.98. The molecule has 8 heteroatoms. The molecular weight excluding hydrogens is 302 g/mol. The Bertz CT molecular complexity index is 660. The third-order valence-corrected chi connectivity index (χ3v) is 6.67. The van der Waals surface area contributed by atoms with Crippen molar-refractivity contribution in [2.45, 2.75) is 24.2 Å². The first kappa shape index (κ1) is 14.6. The lowest BCUT2D eigenvalue weighted by Crippen LogP contribution is -2.26. The fourth-order valence-electron chi connectivity index (χ4n) is 1.54. The number of hydrogen-bond acceptors (Lipinski definition) is 6. The molecule has 0 aliphatic heterocycles. The number of sulfonamides is 1. The maximum atomic E-state index is 12.3. The molecule has 2 aromatic rings. The van der Waals surface area contributed by atoms with Crippen LogP contribution in [-0.4, -0.2) is 24.8 Å². The minimum absolute atomic E-state index is 0.280. The molecule has 0 aromatic carbocycles. The van der Waals surface area contributed by atoms with Crippen molar-refractivity contribution in [3.05, 3.63) is 33.1 Å². The number of nitrogens with zero attached hydrogens (tertiary/aromatic N) is 2. The largest absolute Gasteiger partial charge is 0.326 e. The van der Waals surface area contributed by atoms with Crippen LogP contribution in [0.25, 0.3) is 0 Å². The quantitative estimate of drug-likeness (QED) is 0.912. The van der Waals surface area contributed by atoms with Gasteiger partial charge in [-0.1, -0.05) is 0 Å². The van der Waals surface area contributed by atoms with Crippen LogP contribution in [0.4, 0.5) is 0 Å². The Morgan fingerprint density at radius 3 is 2.63 bits per heavy atom. The molecule has 0 fully saturated rings. The van der Waals surface area contributed by atoms with Crippen molar-refractivity contribution >= 4 is 32.7 Å². The van der Waals surface area contributed by atoms with Crippen LogP contribution >= 0.6 is 22.7 Å². The molecule has 5 nitrogen and oxygen atoms in total. The van der Waals surface area contributed by atoms with Gasteiger partial charge < -0.3 is 5.73 Å². The highest BCUT2D eigenvalue weighted by molar-refractivity contribution is 7.91. The number of nitrogens with two attached hydrogens (primary N) is 1. The second kappa shape index (κ2) is 5.68. The van der Waals surface area contributed by atoms with Crippen molar-refractivity contribution in [3.8, 4) is 0 Å². The summed E-state index contributed by atoms with van der Waals surface area (Å²) in [6, 6.07) is 1.63. The van der Waals surface area contributed by atoms with Gasteiger partial charge in [-0.15, -0.1) is 22.7 Å². The number of aromatic nitrogens is 1.